The number of ketones is 1. The molecule has 0 spiro atoms. The van der Waals surface area contributed by atoms with Crippen LogP contribution in [0.4, 0.5) is 0 Å². The van der Waals surface area contributed by atoms with E-state index in [0.29, 0.717) is 12.1 Å². The van der Waals surface area contributed by atoms with Crippen molar-refractivity contribution in [1.29, 1.82) is 0 Å². The summed E-state index contributed by atoms with van der Waals surface area (Å²) in [6.45, 7) is 7.11. The third-order valence-electron chi connectivity index (χ3n) is 1.87. The lowest BCUT2D eigenvalue weighted by molar-refractivity contribution is -0.116. The molecular formula is C9H10BrNO. The van der Waals surface area contributed by atoms with E-state index in [1.165, 1.54) is 0 Å². The van der Waals surface area contributed by atoms with Crippen LogP contribution in [0.5, 0.6) is 0 Å². The van der Waals surface area contributed by atoms with E-state index in [9.17, 15) is 4.79 Å². The first-order valence-corrected chi connectivity index (χ1v) is 4.54. The lowest BCUT2D eigenvalue weighted by atomic mass is 9.95. The molecule has 0 aromatic heterocycles. The van der Waals surface area contributed by atoms with Crippen LogP contribution in [0, 0.1) is 0 Å². The molecule has 3 heteroatoms. The topological polar surface area (TPSA) is 29.4 Å². The van der Waals surface area contributed by atoms with E-state index < -0.39 is 0 Å². The molecule has 0 radical (unpaired) electrons. The third kappa shape index (κ3) is 1.72. The summed E-state index contributed by atoms with van der Waals surface area (Å²) < 4.78 is 0.748. The number of halogens is 1. The highest BCUT2D eigenvalue weighted by molar-refractivity contribution is 9.11. The largest absolute Gasteiger partial charge is 0.292 e. The van der Waals surface area contributed by atoms with Gasteiger partial charge in [0, 0.05) is 10.9 Å². The molecule has 0 aliphatic heterocycles. The van der Waals surface area contributed by atoms with Crippen LogP contribution in [0.25, 0.3) is 0 Å². The molecule has 1 aliphatic rings. The van der Waals surface area contributed by atoms with Gasteiger partial charge in [-0.3, -0.25) is 9.79 Å². The summed E-state index contributed by atoms with van der Waals surface area (Å²) in [6.07, 6.45) is 2.33. The summed E-state index contributed by atoms with van der Waals surface area (Å²) in [5.41, 5.74) is 1.39. The van der Waals surface area contributed by atoms with Gasteiger partial charge in [0.05, 0.1) is 0 Å². The molecule has 0 saturated heterocycles. The molecule has 0 atom stereocenters. The number of carbonyl (C=O) groups excluding carboxylic acids is 1. The Morgan fingerprint density at radius 2 is 2.17 bits per heavy atom. The Bertz CT molecular complexity index is 278. The van der Waals surface area contributed by atoms with Gasteiger partial charge in [-0.1, -0.05) is 22.5 Å². The number of carbonyl (C=O) groups is 1. The van der Waals surface area contributed by atoms with Gasteiger partial charge in [0.2, 0.25) is 0 Å². The predicted molar refractivity (Wildman–Crippen MR) is 53.5 cm³/mol. The summed E-state index contributed by atoms with van der Waals surface area (Å²) in [5.74, 6) is 0.0758. The molecule has 0 fully saturated rings. The Balaban J connectivity index is 3.10. The molecule has 2 nitrogen and oxygen atoms in total. The van der Waals surface area contributed by atoms with Crippen molar-refractivity contribution in [1.82, 2.24) is 0 Å². The number of nitrogens with zero attached hydrogens (tertiary/aromatic N) is 1. The van der Waals surface area contributed by atoms with Crippen LogP contribution >= 0.6 is 15.9 Å². The Hall–Kier alpha value is -0.700. The number of aliphatic imine (C=N–C) groups is 1. The quantitative estimate of drug-likeness (QED) is 0.668. The second-order valence-electron chi connectivity index (χ2n) is 2.67. The molecule has 0 saturated carbocycles. The van der Waals surface area contributed by atoms with E-state index in [1.807, 2.05) is 0 Å². The highest BCUT2D eigenvalue weighted by Gasteiger charge is 2.19. The van der Waals surface area contributed by atoms with Crippen molar-refractivity contribution in [3.8, 4) is 0 Å². The van der Waals surface area contributed by atoms with Crippen LogP contribution in [-0.2, 0) is 4.79 Å². The lowest BCUT2D eigenvalue weighted by Gasteiger charge is -2.14. The van der Waals surface area contributed by atoms with E-state index in [0.717, 1.165) is 22.9 Å². The van der Waals surface area contributed by atoms with Gasteiger partial charge in [-0.2, -0.15) is 0 Å². The van der Waals surface area contributed by atoms with E-state index in [2.05, 4.69) is 34.2 Å². The van der Waals surface area contributed by atoms with Crippen LogP contribution in [0.2, 0.25) is 0 Å². The summed E-state index contributed by atoms with van der Waals surface area (Å²) >= 11 is 3.25. The number of hydrogen-bond donors (Lipinski definition) is 0. The average molecular weight is 228 g/mol. The highest BCUT2D eigenvalue weighted by atomic mass is 79.9. The molecule has 0 amide bonds. The fourth-order valence-electron chi connectivity index (χ4n) is 1.28. The van der Waals surface area contributed by atoms with Gasteiger partial charge in [0.25, 0.3) is 0 Å². The minimum absolute atomic E-state index is 0.0758. The fourth-order valence-corrected chi connectivity index (χ4v) is 1.66. The maximum Gasteiger partial charge on any atom is 0.181 e. The van der Waals surface area contributed by atoms with Gasteiger partial charge in [-0.25, -0.2) is 0 Å². The molecular weight excluding hydrogens is 218 g/mol. The first-order valence-electron chi connectivity index (χ1n) is 3.74. The zero-order valence-corrected chi connectivity index (χ0v) is 8.35. The Morgan fingerprint density at radius 3 is 2.58 bits per heavy atom. The van der Waals surface area contributed by atoms with Crippen molar-refractivity contribution in [3.63, 3.8) is 0 Å². The normalized spacial score (nSPS) is 17.9. The van der Waals surface area contributed by atoms with Gasteiger partial charge in [-0.05, 0) is 25.1 Å². The second kappa shape index (κ2) is 3.81. The molecule has 0 heterocycles. The molecule has 0 N–H and O–H groups in total. The maximum absolute atomic E-state index is 11.3. The maximum atomic E-state index is 11.3. The zero-order chi connectivity index (χ0) is 9.14. The monoisotopic (exact) mass is 227 g/mol. The number of rotatable bonds is 2. The van der Waals surface area contributed by atoms with Gasteiger partial charge in [-0.15, -0.1) is 0 Å². The van der Waals surface area contributed by atoms with E-state index >= 15 is 0 Å². The van der Waals surface area contributed by atoms with Gasteiger partial charge in [0.15, 0.2) is 5.78 Å². The van der Waals surface area contributed by atoms with Crippen LogP contribution < -0.4 is 0 Å². The Labute approximate surface area is 80.2 Å². The highest BCUT2D eigenvalue weighted by Crippen LogP contribution is 2.30. The lowest BCUT2D eigenvalue weighted by Crippen LogP contribution is -2.09. The second-order valence-corrected chi connectivity index (χ2v) is 3.62. The predicted octanol–water partition coefficient (Wildman–Crippen LogP) is 2.60. The smallest absolute Gasteiger partial charge is 0.181 e. The summed E-state index contributed by atoms with van der Waals surface area (Å²) in [7, 11) is 0. The minimum Gasteiger partial charge on any atom is -0.292 e. The first-order chi connectivity index (χ1) is 5.66. The zero-order valence-electron chi connectivity index (χ0n) is 6.77. The standard InChI is InChI=1S/C9H10BrNO/c1-6(10)7-4-3-5-8(12)9(7)11-2/h1-5H2. The average Bonchev–Trinajstić information content (AvgIpc) is 2.03. The fraction of sp³-hybridized carbons (Fsp3) is 0.333. The number of Topliss-reactive ketones (excluding diaryl/α,β-unsaturated/α-hetero) is 1. The van der Waals surface area contributed by atoms with Crippen LogP contribution in [0.3, 0.4) is 0 Å². The molecule has 1 rings (SSSR count). The van der Waals surface area contributed by atoms with Crippen LogP contribution in [0.15, 0.2) is 27.3 Å². The van der Waals surface area contributed by atoms with Crippen LogP contribution in [-0.4, -0.2) is 12.5 Å². The van der Waals surface area contributed by atoms with Crippen molar-refractivity contribution < 1.29 is 4.79 Å². The Kier molecular flexibility index (Phi) is 2.98. The molecule has 0 unspecified atom stereocenters. The molecule has 0 aromatic carbocycles. The van der Waals surface area contributed by atoms with Gasteiger partial charge < -0.3 is 0 Å². The van der Waals surface area contributed by atoms with Gasteiger partial charge in [0.1, 0.15) is 5.70 Å². The van der Waals surface area contributed by atoms with Crippen LogP contribution in [0.1, 0.15) is 19.3 Å². The van der Waals surface area contributed by atoms with E-state index in [-0.39, 0.29) is 5.78 Å². The van der Waals surface area contributed by atoms with Crippen molar-refractivity contribution >= 4 is 28.4 Å². The number of hydrogen-bond acceptors (Lipinski definition) is 2. The molecule has 12 heavy (non-hydrogen) atoms. The third-order valence-corrected chi connectivity index (χ3v) is 2.34. The summed E-state index contributed by atoms with van der Waals surface area (Å²) in [6, 6.07) is 0. The van der Waals surface area contributed by atoms with Crippen molar-refractivity contribution in [2.45, 2.75) is 19.3 Å². The number of allylic oxidation sites excluding steroid dienone is 3. The molecule has 0 aromatic rings. The van der Waals surface area contributed by atoms with Crippen molar-refractivity contribution in [2.75, 3.05) is 0 Å². The van der Waals surface area contributed by atoms with E-state index in [4.69, 9.17) is 0 Å². The minimum atomic E-state index is 0.0758. The first kappa shape index (κ1) is 9.39. The van der Waals surface area contributed by atoms with Crippen molar-refractivity contribution in [3.05, 3.63) is 22.3 Å². The SMILES string of the molecule is C=NC1=C(C(=C)Br)CCCC1=O. The van der Waals surface area contributed by atoms with Gasteiger partial charge >= 0.3 is 0 Å². The van der Waals surface area contributed by atoms with Crippen molar-refractivity contribution in [2.24, 2.45) is 4.99 Å². The molecule has 64 valence electrons. The summed E-state index contributed by atoms with van der Waals surface area (Å²) in [4.78, 5) is 15.0. The summed E-state index contributed by atoms with van der Waals surface area (Å²) in [5, 5.41) is 0. The molecule has 1 aliphatic carbocycles. The Morgan fingerprint density at radius 1 is 1.50 bits per heavy atom. The molecule has 0 bridgehead atoms. The van der Waals surface area contributed by atoms with E-state index in [1.54, 1.807) is 0 Å².